The van der Waals surface area contributed by atoms with Gasteiger partial charge in [-0.3, -0.25) is 0 Å². The van der Waals surface area contributed by atoms with Gasteiger partial charge >= 0.3 is 0 Å². The smallest absolute Gasteiger partial charge is 0.182 e. The highest BCUT2D eigenvalue weighted by molar-refractivity contribution is 5.46. The lowest BCUT2D eigenvalue weighted by atomic mass is 10.0. The van der Waals surface area contributed by atoms with Gasteiger partial charge in [0.25, 0.3) is 0 Å². The van der Waals surface area contributed by atoms with E-state index < -0.39 is 0 Å². The third-order valence-corrected chi connectivity index (χ3v) is 2.70. The molecule has 84 valence electrons. The fourth-order valence-electron chi connectivity index (χ4n) is 1.74. The molecule has 1 fully saturated rings. The molecule has 1 N–H and O–H groups in total. The second-order valence-corrected chi connectivity index (χ2v) is 3.80. The summed E-state index contributed by atoms with van der Waals surface area (Å²) in [7, 11) is 0. The number of hydrogen-bond acceptors (Lipinski definition) is 5. The molecule has 1 aliphatic rings. The first-order chi connectivity index (χ1) is 7.90. The maximum absolute atomic E-state index is 8.84. The maximum atomic E-state index is 8.84. The number of anilines is 1. The predicted molar refractivity (Wildman–Crippen MR) is 58.8 cm³/mol. The van der Waals surface area contributed by atoms with Crippen LogP contribution in [0, 0.1) is 17.2 Å². The number of nitrogens with one attached hydrogen (secondary N) is 1. The van der Waals surface area contributed by atoms with Crippen molar-refractivity contribution in [2.45, 2.75) is 12.8 Å². The van der Waals surface area contributed by atoms with Crippen LogP contribution in [-0.4, -0.2) is 29.7 Å². The summed E-state index contributed by atoms with van der Waals surface area (Å²) in [4.78, 5) is 8.06. The Morgan fingerprint density at radius 1 is 1.38 bits per heavy atom. The van der Waals surface area contributed by atoms with Crippen molar-refractivity contribution in [1.82, 2.24) is 9.97 Å². The highest BCUT2D eigenvalue weighted by atomic mass is 16.5. The Morgan fingerprint density at radius 2 is 2.12 bits per heavy atom. The van der Waals surface area contributed by atoms with Crippen molar-refractivity contribution in [3.8, 4) is 6.07 Å². The monoisotopic (exact) mass is 218 g/mol. The van der Waals surface area contributed by atoms with Crippen LogP contribution in [0.2, 0.25) is 0 Å². The topological polar surface area (TPSA) is 70.8 Å². The Labute approximate surface area is 94.5 Å². The number of nitrogens with zero attached hydrogens (tertiary/aromatic N) is 3. The standard InChI is InChI=1S/C11H14N4O/c12-7-10-11(14-4-3-13-10)15-8-9-1-5-16-6-2-9/h3-4,9H,1-2,5-6,8H2,(H,14,15). The van der Waals surface area contributed by atoms with Crippen LogP contribution in [0.15, 0.2) is 12.4 Å². The van der Waals surface area contributed by atoms with Gasteiger partial charge in [-0.05, 0) is 18.8 Å². The molecule has 0 atom stereocenters. The average molecular weight is 218 g/mol. The third kappa shape index (κ3) is 2.67. The summed E-state index contributed by atoms with van der Waals surface area (Å²) < 4.78 is 5.29. The summed E-state index contributed by atoms with van der Waals surface area (Å²) >= 11 is 0. The zero-order valence-electron chi connectivity index (χ0n) is 9.02. The van der Waals surface area contributed by atoms with Crippen molar-refractivity contribution in [2.24, 2.45) is 5.92 Å². The molecule has 1 aliphatic heterocycles. The van der Waals surface area contributed by atoms with E-state index in [9.17, 15) is 0 Å². The minimum absolute atomic E-state index is 0.356. The molecule has 2 rings (SSSR count). The third-order valence-electron chi connectivity index (χ3n) is 2.70. The molecule has 0 radical (unpaired) electrons. The van der Waals surface area contributed by atoms with Crippen molar-refractivity contribution in [2.75, 3.05) is 25.1 Å². The molecule has 5 heteroatoms. The van der Waals surface area contributed by atoms with Crippen LogP contribution >= 0.6 is 0 Å². The molecular formula is C11H14N4O. The van der Waals surface area contributed by atoms with Crippen molar-refractivity contribution < 1.29 is 4.74 Å². The van der Waals surface area contributed by atoms with E-state index in [0.29, 0.717) is 17.4 Å². The van der Waals surface area contributed by atoms with Crippen LogP contribution in [0.3, 0.4) is 0 Å². The zero-order chi connectivity index (χ0) is 11.2. The lowest BCUT2D eigenvalue weighted by Gasteiger charge is -2.22. The second kappa shape index (κ2) is 5.42. The Hall–Kier alpha value is -1.67. The van der Waals surface area contributed by atoms with E-state index in [1.807, 2.05) is 6.07 Å². The molecule has 1 aromatic rings. The van der Waals surface area contributed by atoms with Crippen LogP contribution in [0.4, 0.5) is 5.82 Å². The SMILES string of the molecule is N#Cc1nccnc1NCC1CCOCC1. The number of hydrogen-bond donors (Lipinski definition) is 1. The molecule has 1 aromatic heterocycles. The quantitative estimate of drug-likeness (QED) is 0.825. The minimum Gasteiger partial charge on any atom is -0.381 e. The Morgan fingerprint density at radius 3 is 2.88 bits per heavy atom. The van der Waals surface area contributed by atoms with E-state index in [0.717, 1.165) is 32.6 Å². The highest BCUT2D eigenvalue weighted by Gasteiger charge is 2.14. The van der Waals surface area contributed by atoms with Gasteiger partial charge in [0.2, 0.25) is 0 Å². The van der Waals surface area contributed by atoms with Gasteiger partial charge in [0.15, 0.2) is 11.5 Å². The van der Waals surface area contributed by atoms with Gasteiger partial charge in [-0.15, -0.1) is 0 Å². The summed E-state index contributed by atoms with van der Waals surface area (Å²) in [6.45, 7) is 2.49. The number of nitriles is 1. The molecule has 0 aliphatic carbocycles. The van der Waals surface area contributed by atoms with E-state index >= 15 is 0 Å². The van der Waals surface area contributed by atoms with E-state index in [1.54, 1.807) is 6.20 Å². The lowest BCUT2D eigenvalue weighted by Crippen LogP contribution is -2.23. The molecule has 5 nitrogen and oxygen atoms in total. The Bertz CT molecular complexity index is 382. The van der Waals surface area contributed by atoms with Gasteiger partial charge in [-0.1, -0.05) is 0 Å². The molecule has 0 aromatic carbocycles. The molecule has 0 amide bonds. The van der Waals surface area contributed by atoms with Crippen molar-refractivity contribution in [3.63, 3.8) is 0 Å². The fourth-order valence-corrected chi connectivity index (χ4v) is 1.74. The summed E-state index contributed by atoms with van der Waals surface area (Å²) in [6.07, 6.45) is 5.25. The molecule has 2 heterocycles. The van der Waals surface area contributed by atoms with Crippen LogP contribution in [0.25, 0.3) is 0 Å². The van der Waals surface area contributed by atoms with Gasteiger partial charge < -0.3 is 10.1 Å². The predicted octanol–water partition coefficient (Wildman–Crippen LogP) is 1.19. The highest BCUT2D eigenvalue weighted by Crippen LogP contribution is 2.16. The van der Waals surface area contributed by atoms with Crippen molar-refractivity contribution >= 4 is 5.82 Å². The first-order valence-corrected chi connectivity index (χ1v) is 5.43. The molecule has 0 bridgehead atoms. The minimum atomic E-state index is 0.356. The number of aromatic nitrogens is 2. The number of ether oxygens (including phenoxy) is 1. The first kappa shape index (κ1) is 10.8. The molecule has 1 saturated heterocycles. The van der Waals surface area contributed by atoms with Gasteiger partial charge in [-0.2, -0.15) is 5.26 Å². The van der Waals surface area contributed by atoms with E-state index in [2.05, 4.69) is 15.3 Å². The van der Waals surface area contributed by atoms with Crippen LogP contribution in [-0.2, 0) is 4.74 Å². The van der Waals surface area contributed by atoms with E-state index in [1.165, 1.54) is 6.20 Å². The van der Waals surface area contributed by atoms with E-state index in [-0.39, 0.29) is 0 Å². The number of rotatable bonds is 3. The van der Waals surface area contributed by atoms with Gasteiger partial charge in [0, 0.05) is 32.2 Å². The Kier molecular flexibility index (Phi) is 3.67. The second-order valence-electron chi connectivity index (χ2n) is 3.80. The zero-order valence-corrected chi connectivity index (χ0v) is 9.02. The molecule has 0 saturated carbocycles. The largest absolute Gasteiger partial charge is 0.381 e. The van der Waals surface area contributed by atoms with Crippen LogP contribution in [0.1, 0.15) is 18.5 Å². The van der Waals surface area contributed by atoms with E-state index in [4.69, 9.17) is 10.00 Å². The molecular weight excluding hydrogens is 204 g/mol. The molecule has 16 heavy (non-hydrogen) atoms. The van der Waals surface area contributed by atoms with Crippen molar-refractivity contribution in [3.05, 3.63) is 18.1 Å². The maximum Gasteiger partial charge on any atom is 0.182 e. The summed E-state index contributed by atoms with van der Waals surface area (Å²) in [6, 6.07) is 2.02. The van der Waals surface area contributed by atoms with Gasteiger partial charge in [-0.25, -0.2) is 9.97 Å². The van der Waals surface area contributed by atoms with Crippen molar-refractivity contribution in [1.29, 1.82) is 5.26 Å². The summed E-state index contributed by atoms with van der Waals surface area (Å²) in [5.74, 6) is 1.18. The normalized spacial score (nSPS) is 16.7. The summed E-state index contributed by atoms with van der Waals surface area (Å²) in [5, 5.41) is 12.0. The summed E-state index contributed by atoms with van der Waals surface area (Å²) in [5.41, 5.74) is 0.356. The first-order valence-electron chi connectivity index (χ1n) is 5.43. The van der Waals surface area contributed by atoms with Gasteiger partial charge in [0.1, 0.15) is 6.07 Å². The van der Waals surface area contributed by atoms with Crippen LogP contribution < -0.4 is 5.32 Å². The average Bonchev–Trinajstić information content (AvgIpc) is 2.38. The Balaban J connectivity index is 1.91. The molecule has 0 unspecified atom stereocenters. The van der Waals surface area contributed by atoms with Crippen LogP contribution in [0.5, 0.6) is 0 Å². The fraction of sp³-hybridized carbons (Fsp3) is 0.545. The van der Waals surface area contributed by atoms with Gasteiger partial charge in [0.05, 0.1) is 0 Å². The lowest BCUT2D eigenvalue weighted by molar-refractivity contribution is 0.0699. The molecule has 0 spiro atoms.